The first-order chi connectivity index (χ1) is 14.6. The molecule has 0 saturated heterocycles. The molecule has 0 unspecified atom stereocenters. The van der Waals surface area contributed by atoms with Crippen molar-refractivity contribution in [3.63, 3.8) is 0 Å². The van der Waals surface area contributed by atoms with Gasteiger partial charge in [-0.25, -0.2) is 4.98 Å². The highest BCUT2D eigenvalue weighted by atomic mass is 16.5. The van der Waals surface area contributed by atoms with Gasteiger partial charge in [-0.15, -0.1) is 0 Å². The molecule has 0 atom stereocenters. The second-order valence-corrected chi connectivity index (χ2v) is 6.87. The van der Waals surface area contributed by atoms with Crippen molar-refractivity contribution < 1.29 is 9.47 Å². The Morgan fingerprint density at radius 2 is 1.80 bits per heavy atom. The SMILES string of the molecule is COc1ccc(CCNc2nc(C)cc(NN=Cc3cccc(C)c3)n2)cc1OC. The zero-order chi connectivity index (χ0) is 21.3. The molecule has 2 N–H and O–H groups in total. The van der Waals surface area contributed by atoms with Crippen molar-refractivity contribution in [1.82, 2.24) is 9.97 Å². The van der Waals surface area contributed by atoms with Gasteiger partial charge >= 0.3 is 0 Å². The number of benzene rings is 2. The Balaban J connectivity index is 1.58. The molecule has 1 aromatic heterocycles. The normalized spacial score (nSPS) is 10.8. The molecule has 156 valence electrons. The number of nitrogens with one attached hydrogen (secondary N) is 2. The number of hydrogen-bond donors (Lipinski definition) is 2. The number of aromatic nitrogens is 2. The zero-order valence-corrected chi connectivity index (χ0v) is 17.8. The van der Waals surface area contributed by atoms with Crippen LogP contribution in [0.15, 0.2) is 53.6 Å². The molecule has 30 heavy (non-hydrogen) atoms. The molecular weight excluding hydrogens is 378 g/mol. The zero-order valence-electron chi connectivity index (χ0n) is 17.8. The predicted molar refractivity (Wildman–Crippen MR) is 121 cm³/mol. The highest BCUT2D eigenvalue weighted by Crippen LogP contribution is 2.27. The summed E-state index contributed by atoms with van der Waals surface area (Å²) in [5, 5.41) is 7.55. The first kappa shape index (κ1) is 21.1. The summed E-state index contributed by atoms with van der Waals surface area (Å²) in [6, 6.07) is 15.9. The lowest BCUT2D eigenvalue weighted by Gasteiger charge is -2.10. The number of hydrogen-bond acceptors (Lipinski definition) is 7. The third-order valence-electron chi connectivity index (χ3n) is 4.43. The summed E-state index contributed by atoms with van der Waals surface area (Å²) < 4.78 is 10.6. The second kappa shape index (κ2) is 10.2. The summed E-state index contributed by atoms with van der Waals surface area (Å²) in [4.78, 5) is 8.93. The van der Waals surface area contributed by atoms with E-state index in [0.717, 1.165) is 34.7 Å². The summed E-state index contributed by atoms with van der Waals surface area (Å²) in [7, 11) is 3.27. The Labute approximate surface area is 177 Å². The summed E-state index contributed by atoms with van der Waals surface area (Å²) in [5.41, 5.74) is 7.19. The summed E-state index contributed by atoms with van der Waals surface area (Å²) in [6.07, 6.45) is 2.57. The molecule has 3 aromatic rings. The van der Waals surface area contributed by atoms with Gasteiger partial charge in [0.1, 0.15) is 0 Å². The Kier molecular flexibility index (Phi) is 7.21. The number of rotatable bonds is 9. The van der Waals surface area contributed by atoms with Gasteiger partial charge in [0.05, 0.1) is 20.4 Å². The lowest BCUT2D eigenvalue weighted by molar-refractivity contribution is 0.354. The van der Waals surface area contributed by atoms with Gasteiger partial charge in [-0.3, -0.25) is 5.43 Å². The maximum absolute atomic E-state index is 5.36. The molecule has 7 heteroatoms. The van der Waals surface area contributed by atoms with Gasteiger partial charge in [0.15, 0.2) is 17.3 Å². The summed E-state index contributed by atoms with van der Waals surface area (Å²) in [6.45, 7) is 4.67. The van der Waals surface area contributed by atoms with Crippen molar-refractivity contribution in [2.45, 2.75) is 20.3 Å². The molecule has 0 aliphatic rings. The van der Waals surface area contributed by atoms with Crippen LogP contribution in [-0.4, -0.2) is 36.9 Å². The average molecular weight is 406 g/mol. The number of methoxy groups -OCH3 is 2. The van der Waals surface area contributed by atoms with Crippen molar-refractivity contribution in [2.24, 2.45) is 5.10 Å². The minimum absolute atomic E-state index is 0.559. The monoisotopic (exact) mass is 405 g/mol. The second-order valence-electron chi connectivity index (χ2n) is 6.87. The van der Waals surface area contributed by atoms with Gasteiger partial charge < -0.3 is 14.8 Å². The first-order valence-electron chi connectivity index (χ1n) is 9.73. The summed E-state index contributed by atoms with van der Waals surface area (Å²) >= 11 is 0. The molecule has 1 heterocycles. The Morgan fingerprint density at radius 3 is 2.57 bits per heavy atom. The molecule has 2 aromatic carbocycles. The van der Waals surface area contributed by atoms with Gasteiger partial charge in [-0.2, -0.15) is 10.1 Å². The largest absolute Gasteiger partial charge is 0.493 e. The minimum atomic E-state index is 0.559. The van der Waals surface area contributed by atoms with Crippen LogP contribution in [0.2, 0.25) is 0 Å². The number of hydrazone groups is 1. The molecule has 0 saturated carbocycles. The van der Waals surface area contributed by atoms with Crippen molar-refractivity contribution >= 4 is 18.0 Å². The van der Waals surface area contributed by atoms with E-state index >= 15 is 0 Å². The lowest BCUT2D eigenvalue weighted by atomic mass is 10.1. The molecular formula is C23H27N5O2. The Morgan fingerprint density at radius 1 is 0.967 bits per heavy atom. The fraction of sp³-hybridized carbons (Fsp3) is 0.261. The molecule has 0 spiro atoms. The van der Waals surface area contributed by atoms with E-state index in [1.807, 2.05) is 43.3 Å². The maximum Gasteiger partial charge on any atom is 0.224 e. The third kappa shape index (κ3) is 5.94. The molecule has 0 bridgehead atoms. The molecule has 3 rings (SSSR count). The highest BCUT2D eigenvalue weighted by Gasteiger charge is 2.05. The van der Waals surface area contributed by atoms with Crippen LogP contribution in [0.25, 0.3) is 0 Å². The van der Waals surface area contributed by atoms with E-state index in [9.17, 15) is 0 Å². The van der Waals surface area contributed by atoms with Crippen LogP contribution in [0.1, 0.15) is 22.4 Å². The quantitative estimate of drug-likeness (QED) is 0.410. The van der Waals surface area contributed by atoms with Gasteiger partial charge in [0, 0.05) is 18.3 Å². The fourth-order valence-electron chi connectivity index (χ4n) is 2.98. The van der Waals surface area contributed by atoms with Crippen LogP contribution in [0.5, 0.6) is 11.5 Å². The fourth-order valence-corrected chi connectivity index (χ4v) is 2.98. The van der Waals surface area contributed by atoms with E-state index in [-0.39, 0.29) is 0 Å². The standard InChI is InChI=1S/C23H27N5O2/c1-16-6-5-7-19(12-16)15-25-28-22-13-17(2)26-23(27-22)24-11-10-18-8-9-20(29-3)21(14-18)30-4/h5-9,12-15H,10-11H2,1-4H3,(H2,24,26,27,28). The van der Waals surface area contributed by atoms with Crippen LogP contribution in [0, 0.1) is 13.8 Å². The number of nitrogens with zero attached hydrogens (tertiary/aromatic N) is 3. The molecule has 0 radical (unpaired) electrons. The van der Waals surface area contributed by atoms with Gasteiger partial charge in [-0.05, 0) is 43.5 Å². The predicted octanol–water partition coefficient (Wildman–Crippen LogP) is 4.21. The maximum atomic E-state index is 5.36. The van der Waals surface area contributed by atoms with Crippen molar-refractivity contribution in [1.29, 1.82) is 0 Å². The highest BCUT2D eigenvalue weighted by molar-refractivity contribution is 5.80. The van der Waals surface area contributed by atoms with Crippen molar-refractivity contribution in [2.75, 3.05) is 31.5 Å². The van der Waals surface area contributed by atoms with Gasteiger partial charge in [0.2, 0.25) is 5.95 Å². The van der Waals surface area contributed by atoms with Crippen LogP contribution in [-0.2, 0) is 6.42 Å². The van der Waals surface area contributed by atoms with Gasteiger partial charge in [-0.1, -0.05) is 35.9 Å². The van der Waals surface area contributed by atoms with E-state index in [1.165, 1.54) is 5.56 Å². The number of ether oxygens (including phenoxy) is 2. The van der Waals surface area contributed by atoms with E-state index in [4.69, 9.17) is 9.47 Å². The average Bonchev–Trinajstić information content (AvgIpc) is 2.73. The topological polar surface area (TPSA) is 80.7 Å². The molecule has 0 amide bonds. The van der Waals surface area contributed by atoms with Crippen molar-refractivity contribution in [3.8, 4) is 11.5 Å². The van der Waals surface area contributed by atoms with E-state index in [2.05, 4.69) is 44.9 Å². The summed E-state index contributed by atoms with van der Waals surface area (Å²) in [5.74, 6) is 2.64. The smallest absolute Gasteiger partial charge is 0.224 e. The third-order valence-corrected chi connectivity index (χ3v) is 4.43. The van der Waals surface area contributed by atoms with Crippen LogP contribution in [0.4, 0.5) is 11.8 Å². The number of aryl methyl sites for hydroxylation is 2. The van der Waals surface area contributed by atoms with E-state index in [0.29, 0.717) is 18.3 Å². The molecule has 0 fully saturated rings. The molecule has 0 aliphatic carbocycles. The Hall–Kier alpha value is -3.61. The first-order valence-corrected chi connectivity index (χ1v) is 9.73. The van der Waals surface area contributed by atoms with Crippen LogP contribution < -0.4 is 20.2 Å². The van der Waals surface area contributed by atoms with Gasteiger partial charge in [0.25, 0.3) is 0 Å². The molecule has 0 aliphatic heterocycles. The Bertz CT molecular complexity index is 1020. The lowest BCUT2D eigenvalue weighted by Crippen LogP contribution is -2.09. The van der Waals surface area contributed by atoms with E-state index in [1.54, 1.807) is 20.4 Å². The van der Waals surface area contributed by atoms with Crippen LogP contribution in [0.3, 0.4) is 0 Å². The van der Waals surface area contributed by atoms with Crippen LogP contribution >= 0.6 is 0 Å². The van der Waals surface area contributed by atoms with E-state index < -0.39 is 0 Å². The molecule has 7 nitrogen and oxygen atoms in total. The van der Waals surface area contributed by atoms with Crippen molar-refractivity contribution in [3.05, 3.63) is 70.9 Å². The number of anilines is 2. The minimum Gasteiger partial charge on any atom is -0.493 e.